The molecule has 1 aromatic carbocycles. The minimum absolute atomic E-state index is 0.164. The van der Waals surface area contributed by atoms with Gasteiger partial charge in [-0.25, -0.2) is 5.43 Å². The third-order valence-electron chi connectivity index (χ3n) is 2.99. The van der Waals surface area contributed by atoms with Crippen LogP contribution in [0.3, 0.4) is 0 Å². The molecule has 2 heterocycles. The summed E-state index contributed by atoms with van der Waals surface area (Å²) >= 11 is 14.6. The van der Waals surface area contributed by atoms with Crippen LogP contribution < -0.4 is 5.43 Å². The van der Waals surface area contributed by atoms with Gasteiger partial charge in [0, 0.05) is 11.8 Å². The maximum Gasteiger partial charge on any atom is 0.250 e. The number of amides is 1. The van der Waals surface area contributed by atoms with Gasteiger partial charge in [-0.3, -0.25) is 9.78 Å². The van der Waals surface area contributed by atoms with E-state index >= 15 is 0 Å². The van der Waals surface area contributed by atoms with Crippen molar-refractivity contribution in [1.29, 1.82) is 0 Å². The topological polar surface area (TPSA) is 80.1 Å². The molecular weight excluding hydrogens is 413 g/mol. The van der Waals surface area contributed by atoms with Crippen molar-refractivity contribution in [3.63, 3.8) is 0 Å². The van der Waals surface area contributed by atoms with Crippen LogP contribution in [-0.2, 0) is 4.79 Å². The summed E-state index contributed by atoms with van der Waals surface area (Å²) in [5.41, 5.74) is 3.81. The van der Waals surface area contributed by atoms with Crippen molar-refractivity contribution in [2.75, 3.05) is 5.75 Å². The Balaban J connectivity index is 1.51. The number of nitrogens with zero attached hydrogens (tertiary/aromatic N) is 4. The Labute approximate surface area is 167 Å². The van der Waals surface area contributed by atoms with Crippen molar-refractivity contribution in [1.82, 2.24) is 20.6 Å². The number of nitrogens with one attached hydrogen (secondary N) is 1. The van der Waals surface area contributed by atoms with Crippen molar-refractivity contribution in [2.24, 2.45) is 5.10 Å². The zero-order valence-corrected chi connectivity index (χ0v) is 16.2. The summed E-state index contributed by atoms with van der Waals surface area (Å²) in [5.74, 6) is -0.101. The van der Waals surface area contributed by atoms with Crippen LogP contribution in [0.4, 0.5) is 0 Å². The Morgan fingerprint density at radius 3 is 2.92 bits per heavy atom. The van der Waals surface area contributed by atoms with Crippen LogP contribution in [-0.4, -0.2) is 33.1 Å². The minimum atomic E-state index is -0.265. The molecule has 1 N–H and O–H groups in total. The van der Waals surface area contributed by atoms with Gasteiger partial charge in [-0.05, 0) is 18.2 Å². The number of carbonyl (C=O) groups is 1. The van der Waals surface area contributed by atoms with Crippen LogP contribution in [0.25, 0.3) is 10.7 Å². The van der Waals surface area contributed by atoms with E-state index in [0.717, 1.165) is 5.69 Å². The maximum atomic E-state index is 11.9. The highest BCUT2D eigenvalue weighted by Gasteiger charge is 2.10. The zero-order valence-electron chi connectivity index (χ0n) is 13.1. The van der Waals surface area contributed by atoms with Gasteiger partial charge in [-0.1, -0.05) is 64.5 Å². The second-order valence-corrected chi connectivity index (χ2v) is 7.80. The van der Waals surface area contributed by atoms with E-state index in [9.17, 15) is 4.79 Å². The Hall–Kier alpha value is -2.00. The van der Waals surface area contributed by atoms with E-state index in [1.54, 1.807) is 24.4 Å². The molecule has 0 bridgehead atoms. The monoisotopic (exact) mass is 423 g/mol. The van der Waals surface area contributed by atoms with E-state index in [1.807, 2.05) is 18.2 Å². The summed E-state index contributed by atoms with van der Waals surface area (Å²) in [6, 6.07) is 10.8. The van der Waals surface area contributed by atoms with Crippen molar-refractivity contribution in [2.45, 2.75) is 4.34 Å². The predicted molar refractivity (Wildman–Crippen MR) is 106 cm³/mol. The molecule has 0 saturated heterocycles. The number of hydrogen-bond donors (Lipinski definition) is 1. The molecule has 132 valence electrons. The van der Waals surface area contributed by atoms with Gasteiger partial charge in [0.2, 0.25) is 0 Å². The molecule has 3 aromatic rings. The molecule has 0 atom stereocenters. The summed E-state index contributed by atoms with van der Waals surface area (Å²) in [6.45, 7) is 0. The van der Waals surface area contributed by atoms with Gasteiger partial charge in [0.15, 0.2) is 9.35 Å². The molecule has 1 amide bonds. The predicted octanol–water partition coefficient (Wildman–Crippen LogP) is 4.15. The molecule has 0 unspecified atom stereocenters. The standard InChI is InChI=1S/C16H11Cl2N5OS2/c17-11-5-3-4-10(14(11)18)8-20-21-13(24)9-25-16-23-22-15(26-16)12-6-1-2-7-19-12/h1-8H,9H2,(H,21,24)/b20-8+. The molecule has 0 saturated carbocycles. The maximum absolute atomic E-state index is 11.9. The van der Waals surface area contributed by atoms with Crippen LogP contribution in [0.1, 0.15) is 5.56 Å². The molecule has 0 radical (unpaired) electrons. The van der Waals surface area contributed by atoms with E-state index in [1.165, 1.54) is 29.3 Å². The average Bonchev–Trinajstić information content (AvgIpc) is 3.13. The van der Waals surface area contributed by atoms with Gasteiger partial charge in [0.05, 0.1) is 22.0 Å². The fourth-order valence-corrected chi connectivity index (χ4v) is 3.79. The second kappa shape index (κ2) is 9.09. The van der Waals surface area contributed by atoms with E-state index in [2.05, 4.69) is 25.7 Å². The Morgan fingerprint density at radius 2 is 2.12 bits per heavy atom. The molecule has 3 rings (SSSR count). The number of pyridine rings is 1. The van der Waals surface area contributed by atoms with Crippen molar-refractivity contribution in [3.05, 3.63) is 58.2 Å². The average molecular weight is 424 g/mol. The fourth-order valence-electron chi connectivity index (χ4n) is 1.81. The van der Waals surface area contributed by atoms with Crippen LogP contribution in [0.15, 0.2) is 52.0 Å². The van der Waals surface area contributed by atoms with Gasteiger partial charge < -0.3 is 0 Å². The normalized spacial score (nSPS) is 11.0. The zero-order chi connectivity index (χ0) is 18.4. The Bertz CT molecular complexity index is 933. The highest BCUT2D eigenvalue weighted by Crippen LogP contribution is 2.28. The Kier molecular flexibility index (Phi) is 6.56. The van der Waals surface area contributed by atoms with Crippen LogP contribution in [0.5, 0.6) is 0 Å². The third-order valence-corrected chi connectivity index (χ3v) is 5.90. The first-order valence-corrected chi connectivity index (χ1v) is 9.83. The van der Waals surface area contributed by atoms with Gasteiger partial charge in [0.1, 0.15) is 5.69 Å². The summed E-state index contributed by atoms with van der Waals surface area (Å²) in [4.78, 5) is 16.1. The van der Waals surface area contributed by atoms with Crippen LogP contribution in [0, 0.1) is 0 Å². The highest BCUT2D eigenvalue weighted by atomic mass is 35.5. The first-order valence-electron chi connectivity index (χ1n) is 7.27. The van der Waals surface area contributed by atoms with E-state index in [-0.39, 0.29) is 11.7 Å². The highest BCUT2D eigenvalue weighted by molar-refractivity contribution is 8.01. The molecule has 6 nitrogen and oxygen atoms in total. The largest absolute Gasteiger partial charge is 0.272 e. The Morgan fingerprint density at radius 1 is 1.23 bits per heavy atom. The number of aromatic nitrogens is 3. The van der Waals surface area contributed by atoms with Gasteiger partial charge >= 0.3 is 0 Å². The van der Waals surface area contributed by atoms with E-state index in [0.29, 0.717) is 25.0 Å². The number of hydrazone groups is 1. The van der Waals surface area contributed by atoms with Crippen molar-refractivity contribution in [3.8, 4) is 10.7 Å². The van der Waals surface area contributed by atoms with Crippen molar-refractivity contribution < 1.29 is 4.79 Å². The fraction of sp³-hybridized carbons (Fsp3) is 0.0625. The molecule has 2 aromatic heterocycles. The van der Waals surface area contributed by atoms with Gasteiger partial charge in [-0.2, -0.15) is 5.10 Å². The number of rotatable bonds is 6. The molecule has 26 heavy (non-hydrogen) atoms. The lowest BCUT2D eigenvalue weighted by Crippen LogP contribution is -2.19. The first kappa shape index (κ1) is 18.8. The van der Waals surface area contributed by atoms with Crippen LogP contribution in [0.2, 0.25) is 10.0 Å². The molecule has 0 aliphatic rings. The molecule has 0 fully saturated rings. The molecule has 0 spiro atoms. The first-order chi connectivity index (χ1) is 12.6. The lowest BCUT2D eigenvalue weighted by molar-refractivity contribution is -0.118. The van der Waals surface area contributed by atoms with E-state index in [4.69, 9.17) is 23.2 Å². The number of thioether (sulfide) groups is 1. The number of halogens is 2. The lowest BCUT2D eigenvalue weighted by atomic mass is 10.2. The summed E-state index contributed by atoms with van der Waals surface area (Å²) in [6.07, 6.45) is 3.14. The smallest absolute Gasteiger partial charge is 0.250 e. The SMILES string of the molecule is O=C(CSc1nnc(-c2ccccn2)s1)N/N=C/c1cccc(Cl)c1Cl. The van der Waals surface area contributed by atoms with Crippen LogP contribution >= 0.6 is 46.3 Å². The van der Waals surface area contributed by atoms with Crippen molar-refractivity contribution >= 4 is 58.4 Å². The quantitative estimate of drug-likeness (QED) is 0.365. The van der Waals surface area contributed by atoms with Gasteiger partial charge in [0.25, 0.3) is 5.91 Å². The minimum Gasteiger partial charge on any atom is -0.272 e. The number of carbonyl (C=O) groups excluding carboxylic acids is 1. The summed E-state index contributed by atoms with van der Waals surface area (Å²) in [5, 5.41) is 13.5. The lowest BCUT2D eigenvalue weighted by Gasteiger charge is -2.00. The molecular formula is C16H11Cl2N5OS2. The summed E-state index contributed by atoms with van der Waals surface area (Å²) in [7, 11) is 0. The second-order valence-electron chi connectivity index (χ2n) is 4.81. The summed E-state index contributed by atoms with van der Waals surface area (Å²) < 4.78 is 0.683. The number of hydrogen-bond acceptors (Lipinski definition) is 7. The number of benzene rings is 1. The molecule has 10 heteroatoms. The van der Waals surface area contributed by atoms with Gasteiger partial charge in [-0.15, -0.1) is 10.2 Å². The molecule has 0 aliphatic heterocycles. The third kappa shape index (κ3) is 5.01. The van der Waals surface area contributed by atoms with E-state index < -0.39 is 0 Å². The molecule has 0 aliphatic carbocycles.